The minimum Gasteiger partial charge on any atom is -0.352 e. The number of hydrogen-bond acceptors (Lipinski definition) is 7. The first-order valence-electron chi connectivity index (χ1n) is 12.6. The summed E-state index contributed by atoms with van der Waals surface area (Å²) in [4.78, 5) is 38.9. The fraction of sp³-hybridized carbons (Fsp3) is 0.321. The monoisotopic (exact) mass is 536 g/mol. The molecule has 0 aliphatic rings. The number of hydrogen-bond donors (Lipinski definition) is 3. The van der Waals surface area contributed by atoms with Crippen molar-refractivity contribution in [1.29, 1.82) is 0 Å². The first-order chi connectivity index (χ1) is 18.3. The van der Waals surface area contributed by atoms with E-state index < -0.39 is 5.82 Å². The third-order valence-electron chi connectivity index (χ3n) is 5.53. The van der Waals surface area contributed by atoms with Crippen LogP contribution in [0.2, 0.25) is 0 Å². The van der Waals surface area contributed by atoms with Crippen molar-refractivity contribution in [2.24, 2.45) is 0 Å². The molecule has 4 rings (SSSR count). The number of thiophene rings is 1. The van der Waals surface area contributed by atoms with Gasteiger partial charge in [0, 0.05) is 29.7 Å². The number of nitrogens with zero attached hydrogens (tertiary/aromatic N) is 3. The molecule has 0 bridgehead atoms. The highest BCUT2D eigenvalue weighted by molar-refractivity contribution is 7.19. The summed E-state index contributed by atoms with van der Waals surface area (Å²) in [6, 6.07) is 10.3. The molecule has 0 aliphatic heterocycles. The standard InChI is InChI=1S/C26H27FN6O2S.C2H6/c1-4-29-24(34)18-7-5-17(6-8-18)9-10-30-25(35)22-23-21(11-15(2)36-23)32-26(33-22)31-16(3)19-12-20(27)14-28-13-19;1-2/h5-8,11-14,16H,4,9-10H2,1-3H3,(H,29,34)(H,30,35)(H,31,32,33);1-2H3. The predicted molar refractivity (Wildman–Crippen MR) is 150 cm³/mol. The summed E-state index contributed by atoms with van der Waals surface area (Å²) < 4.78 is 14.3. The molecule has 3 aromatic heterocycles. The summed E-state index contributed by atoms with van der Waals surface area (Å²) in [7, 11) is 0. The summed E-state index contributed by atoms with van der Waals surface area (Å²) in [6.45, 7) is 10.7. The molecule has 1 aromatic carbocycles. The van der Waals surface area contributed by atoms with Crippen molar-refractivity contribution >= 4 is 39.3 Å². The molecule has 1 atom stereocenters. The van der Waals surface area contributed by atoms with Crippen molar-refractivity contribution in [2.75, 3.05) is 18.4 Å². The Hall–Kier alpha value is -3.92. The minimum absolute atomic E-state index is 0.108. The lowest BCUT2D eigenvalue weighted by molar-refractivity contribution is 0.0945. The molecule has 0 spiro atoms. The van der Waals surface area contributed by atoms with Crippen LogP contribution in [0.25, 0.3) is 10.2 Å². The molecule has 3 N–H and O–H groups in total. The third kappa shape index (κ3) is 7.32. The van der Waals surface area contributed by atoms with Gasteiger partial charge in [0.15, 0.2) is 5.69 Å². The van der Waals surface area contributed by atoms with Crippen LogP contribution in [0.4, 0.5) is 10.3 Å². The lowest BCUT2D eigenvalue weighted by Crippen LogP contribution is -2.27. The van der Waals surface area contributed by atoms with Crippen molar-refractivity contribution in [3.63, 3.8) is 0 Å². The van der Waals surface area contributed by atoms with Crippen LogP contribution in [-0.4, -0.2) is 39.9 Å². The Morgan fingerprint density at radius 1 is 1.03 bits per heavy atom. The summed E-state index contributed by atoms with van der Waals surface area (Å²) in [6.07, 6.45) is 3.32. The fourth-order valence-electron chi connectivity index (χ4n) is 3.70. The molecule has 38 heavy (non-hydrogen) atoms. The Bertz CT molecular complexity index is 1390. The van der Waals surface area contributed by atoms with Crippen molar-refractivity contribution in [1.82, 2.24) is 25.6 Å². The van der Waals surface area contributed by atoms with Crippen LogP contribution >= 0.6 is 11.3 Å². The topological polar surface area (TPSA) is 109 Å². The number of anilines is 1. The lowest BCUT2D eigenvalue weighted by atomic mass is 10.1. The van der Waals surface area contributed by atoms with Crippen LogP contribution in [0.5, 0.6) is 0 Å². The van der Waals surface area contributed by atoms with Crippen molar-refractivity contribution in [3.05, 3.63) is 81.9 Å². The molecule has 2 amide bonds. The maximum absolute atomic E-state index is 13.6. The van der Waals surface area contributed by atoms with Crippen LogP contribution in [-0.2, 0) is 6.42 Å². The summed E-state index contributed by atoms with van der Waals surface area (Å²) >= 11 is 1.46. The second kappa shape index (κ2) is 13.6. The van der Waals surface area contributed by atoms with Crippen molar-refractivity contribution in [3.8, 4) is 0 Å². The van der Waals surface area contributed by atoms with Crippen LogP contribution in [0, 0.1) is 12.7 Å². The van der Waals surface area contributed by atoms with Crippen LogP contribution in [0.1, 0.15) is 70.6 Å². The number of carbonyl (C=O) groups is 2. The molecule has 0 fully saturated rings. The summed E-state index contributed by atoms with van der Waals surface area (Å²) in [5, 5.41) is 8.86. The zero-order chi connectivity index (χ0) is 27.7. The molecule has 0 saturated heterocycles. The van der Waals surface area contributed by atoms with E-state index in [9.17, 15) is 14.0 Å². The molecule has 10 heteroatoms. The van der Waals surface area contributed by atoms with E-state index in [0.717, 1.165) is 16.6 Å². The zero-order valence-corrected chi connectivity index (χ0v) is 23.1. The van der Waals surface area contributed by atoms with Crippen LogP contribution in [0.3, 0.4) is 0 Å². The van der Waals surface area contributed by atoms with Crippen LogP contribution in [0.15, 0.2) is 48.8 Å². The quantitative estimate of drug-likeness (QED) is 0.262. The van der Waals surface area contributed by atoms with Gasteiger partial charge < -0.3 is 16.0 Å². The maximum Gasteiger partial charge on any atom is 0.271 e. The average molecular weight is 537 g/mol. The Morgan fingerprint density at radius 3 is 2.45 bits per heavy atom. The number of aryl methyl sites for hydroxylation is 1. The Labute approximate surface area is 226 Å². The highest BCUT2D eigenvalue weighted by atomic mass is 32.1. The highest BCUT2D eigenvalue weighted by Crippen LogP contribution is 2.28. The first-order valence-corrected chi connectivity index (χ1v) is 13.5. The van der Waals surface area contributed by atoms with Crippen molar-refractivity contribution < 1.29 is 14.0 Å². The van der Waals surface area contributed by atoms with Gasteiger partial charge in [-0.25, -0.2) is 14.4 Å². The lowest BCUT2D eigenvalue weighted by Gasteiger charge is -2.15. The number of amides is 2. The molecule has 200 valence electrons. The van der Waals surface area contributed by atoms with E-state index in [2.05, 4.69) is 30.9 Å². The number of benzene rings is 1. The number of pyridine rings is 1. The maximum atomic E-state index is 13.6. The van der Waals surface area contributed by atoms with E-state index in [1.165, 1.54) is 17.4 Å². The number of aromatic nitrogens is 3. The average Bonchev–Trinajstić information content (AvgIpc) is 3.29. The Balaban J connectivity index is 0.00000195. The minimum atomic E-state index is -0.426. The van der Waals surface area contributed by atoms with Gasteiger partial charge in [-0.15, -0.1) is 11.3 Å². The van der Waals surface area contributed by atoms with Gasteiger partial charge in [0.1, 0.15) is 5.82 Å². The van der Waals surface area contributed by atoms with Gasteiger partial charge in [-0.3, -0.25) is 14.6 Å². The first kappa shape index (κ1) is 28.6. The molecule has 0 saturated carbocycles. The van der Waals surface area contributed by atoms with E-state index in [0.29, 0.717) is 40.9 Å². The molecule has 0 aliphatic carbocycles. The van der Waals surface area contributed by atoms with Gasteiger partial charge in [0.2, 0.25) is 5.95 Å². The number of nitrogens with one attached hydrogen (secondary N) is 3. The van der Waals surface area contributed by atoms with Gasteiger partial charge in [-0.05, 0) is 62.6 Å². The highest BCUT2D eigenvalue weighted by Gasteiger charge is 2.18. The molecular formula is C28H33FN6O2S. The molecule has 3 heterocycles. The SMILES string of the molecule is CC.CCNC(=O)c1ccc(CCNC(=O)c2nc(NC(C)c3cncc(F)c3)nc3cc(C)sc23)cc1. The second-order valence-corrected chi connectivity index (χ2v) is 9.59. The largest absolute Gasteiger partial charge is 0.352 e. The number of rotatable bonds is 9. The zero-order valence-electron chi connectivity index (χ0n) is 22.3. The predicted octanol–water partition coefficient (Wildman–Crippen LogP) is 5.46. The summed E-state index contributed by atoms with van der Waals surface area (Å²) in [5.41, 5.74) is 3.21. The number of halogens is 1. The van der Waals surface area contributed by atoms with E-state index in [1.807, 2.05) is 52.8 Å². The van der Waals surface area contributed by atoms with Gasteiger partial charge in [0.25, 0.3) is 11.8 Å². The Kier molecular flexibility index (Phi) is 10.2. The molecule has 1 unspecified atom stereocenters. The molecule has 8 nitrogen and oxygen atoms in total. The van der Waals surface area contributed by atoms with Gasteiger partial charge in [0.05, 0.1) is 22.5 Å². The Morgan fingerprint density at radius 2 is 1.76 bits per heavy atom. The van der Waals surface area contributed by atoms with E-state index in [1.54, 1.807) is 18.3 Å². The van der Waals surface area contributed by atoms with Gasteiger partial charge in [-0.2, -0.15) is 0 Å². The third-order valence-corrected chi connectivity index (χ3v) is 6.58. The van der Waals surface area contributed by atoms with Gasteiger partial charge >= 0.3 is 0 Å². The summed E-state index contributed by atoms with van der Waals surface area (Å²) in [5.74, 6) is -0.553. The fourth-order valence-corrected chi connectivity index (χ4v) is 4.64. The number of carbonyl (C=O) groups excluding carboxylic acids is 2. The second-order valence-electron chi connectivity index (χ2n) is 8.33. The normalized spacial score (nSPS) is 11.3. The molecule has 4 aromatic rings. The molecule has 0 radical (unpaired) electrons. The smallest absolute Gasteiger partial charge is 0.271 e. The van der Waals surface area contributed by atoms with E-state index in [4.69, 9.17) is 0 Å². The molecular weight excluding hydrogens is 503 g/mol. The van der Waals surface area contributed by atoms with E-state index >= 15 is 0 Å². The van der Waals surface area contributed by atoms with Crippen LogP contribution < -0.4 is 16.0 Å². The number of fused-ring (bicyclic) bond motifs is 1. The van der Waals surface area contributed by atoms with Gasteiger partial charge in [-0.1, -0.05) is 26.0 Å². The van der Waals surface area contributed by atoms with E-state index in [-0.39, 0.29) is 29.5 Å². The van der Waals surface area contributed by atoms with Crippen molar-refractivity contribution in [2.45, 2.75) is 47.1 Å².